The van der Waals surface area contributed by atoms with E-state index in [1.54, 1.807) is 34.2 Å². The number of thiophene rings is 1. The summed E-state index contributed by atoms with van der Waals surface area (Å²) in [5, 5.41) is 7.65. The summed E-state index contributed by atoms with van der Waals surface area (Å²) in [6, 6.07) is 16.8. The summed E-state index contributed by atoms with van der Waals surface area (Å²) in [5.74, 6) is 0. The second-order valence-corrected chi connectivity index (χ2v) is 6.63. The highest BCUT2D eigenvalue weighted by atomic mass is 32.1. The Morgan fingerprint density at radius 3 is 2.40 bits per heavy atom. The maximum absolute atomic E-state index is 11.8. The van der Waals surface area contributed by atoms with E-state index >= 15 is 0 Å². The number of rotatable bonds is 6. The molecule has 0 spiro atoms. The molecule has 0 fully saturated rings. The predicted octanol–water partition coefficient (Wildman–Crippen LogP) is 2.96. The molecule has 0 aliphatic heterocycles. The standard InChI is InChI=1S/C19H19N3O2S/c23-18-5-1-2-10-22(18)14-16-8-6-15(7-9-16)12-20-19(24)21-13-17-4-3-11-25-17/h1-11H,12-14H2,(H2,20,21,24). The Morgan fingerprint density at radius 1 is 0.920 bits per heavy atom. The fourth-order valence-electron chi connectivity index (χ4n) is 2.38. The van der Waals surface area contributed by atoms with Gasteiger partial charge in [-0.25, -0.2) is 4.79 Å². The van der Waals surface area contributed by atoms with Crippen molar-refractivity contribution in [1.29, 1.82) is 0 Å². The van der Waals surface area contributed by atoms with Crippen LogP contribution in [0.2, 0.25) is 0 Å². The third kappa shape index (κ3) is 5.06. The van der Waals surface area contributed by atoms with Crippen LogP contribution in [0, 0.1) is 0 Å². The van der Waals surface area contributed by atoms with Crippen molar-refractivity contribution in [2.24, 2.45) is 0 Å². The van der Waals surface area contributed by atoms with Crippen molar-refractivity contribution >= 4 is 17.4 Å². The van der Waals surface area contributed by atoms with Crippen molar-refractivity contribution in [2.45, 2.75) is 19.6 Å². The zero-order valence-corrected chi connectivity index (χ0v) is 14.5. The van der Waals surface area contributed by atoms with Crippen molar-refractivity contribution in [1.82, 2.24) is 15.2 Å². The molecule has 5 nitrogen and oxygen atoms in total. The van der Waals surface area contributed by atoms with Crippen molar-refractivity contribution in [3.63, 3.8) is 0 Å². The van der Waals surface area contributed by atoms with Crippen molar-refractivity contribution in [3.05, 3.63) is 92.5 Å². The molecule has 2 heterocycles. The van der Waals surface area contributed by atoms with Gasteiger partial charge in [0.05, 0.1) is 13.1 Å². The van der Waals surface area contributed by atoms with Gasteiger partial charge in [0.25, 0.3) is 5.56 Å². The summed E-state index contributed by atoms with van der Waals surface area (Å²) in [6.07, 6.45) is 1.77. The number of hydrogen-bond acceptors (Lipinski definition) is 3. The molecular formula is C19H19N3O2S. The summed E-state index contributed by atoms with van der Waals surface area (Å²) in [7, 11) is 0. The number of pyridine rings is 1. The van der Waals surface area contributed by atoms with Gasteiger partial charge >= 0.3 is 6.03 Å². The molecule has 2 aromatic heterocycles. The number of benzene rings is 1. The lowest BCUT2D eigenvalue weighted by molar-refractivity contribution is 0.240. The lowest BCUT2D eigenvalue weighted by Gasteiger charge is -2.09. The van der Waals surface area contributed by atoms with E-state index in [9.17, 15) is 9.59 Å². The van der Waals surface area contributed by atoms with Crippen LogP contribution in [0.25, 0.3) is 0 Å². The minimum atomic E-state index is -0.187. The third-order valence-electron chi connectivity index (χ3n) is 3.73. The lowest BCUT2D eigenvalue weighted by Crippen LogP contribution is -2.34. The maximum atomic E-state index is 11.8. The largest absolute Gasteiger partial charge is 0.334 e. The summed E-state index contributed by atoms with van der Waals surface area (Å²) >= 11 is 1.62. The van der Waals surface area contributed by atoms with Gasteiger partial charge in [0.1, 0.15) is 0 Å². The first-order chi connectivity index (χ1) is 12.2. The van der Waals surface area contributed by atoms with E-state index in [2.05, 4.69) is 10.6 Å². The molecule has 0 saturated heterocycles. The molecule has 2 amide bonds. The quantitative estimate of drug-likeness (QED) is 0.716. The maximum Gasteiger partial charge on any atom is 0.315 e. The molecule has 0 saturated carbocycles. The molecule has 128 valence electrons. The van der Waals surface area contributed by atoms with E-state index in [4.69, 9.17) is 0 Å². The molecule has 0 atom stereocenters. The van der Waals surface area contributed by atoms with Crippen LogP contribution in [-0.2, 0) is 19.6 Å². The molecule has 0 unspecified atom stereocenters. The molecule has 1 aromatic carbocycles. The number of urea groups is 1. The van der Waals surface area contributed by atoms with Crippen LogP contribution in [0.5, 0.6) is 0 Å². The lowest BCUT2D eigenvalue weighted by atomic mass is 10.1. The molecule has 0 aliphatic carbocycles. The van der Waals surface area contributed by atoms with Gasteiger partial charge in [0.15, 0.2) is 0 Å². The molecule has 2 N–H and O–H groups in total. The van der Waals surface area contributed by atoms with Gasteiger partial charge in [-0.3, -0.25) is 4.79 Å². The first-order valence-electron chi connectivity index (χ1n) is 7.98. The molecule has 3 rings (SSSR count). The first-order valence-corrected chi connectivity index (χ1v) is 8.86. The van der Waals surface area contributed by atoms with E-state index in [0.717, 1.165) is 16.0 Å². The van der Waals surface area contributed by atoms with E-state index in [0.29, 0.717) is 19.6 Å². The highest BCUT2D eigenvalue weighted by Gasteiger charge is 2.02. The SMILES string of the molecule is O=C(NCc1ccc(Cn2ccccc2=O)cc1)NCc1cccs1. The molecule has 25 heavy (non-hydrogen) atoms. The van der Waals surface area contributed by atoms with E-state index in [1.807, 2.05) is 47.8 Å². The van der Waals surface area contributed by atoms with E-state index in [-0.39, 0.29) is 11.6 Å². The number of nitrogens with one attached hydrogen (secondary N) is 2. The normalized spacial score (nSPS) is 10.4. The molecule has 3 aromatic rings. The number of nitrogens with zero attached hydrogens (tertiary/aromatic N) is 1. The van der Waals surface area contributed by atoms with E-state index < -0.39 is 0 Å². The second kappa shape index (κ2) is 8.30. The Bertz CT molecular complexity index is 870. The highest BCUT2D eigenvalue weighted by molar-refractivity contribution is 7.09. The average Bonchev–Trinajstić information content (AvgIpc) is 3.15. The van der Waals surface area contributed by atoms with Gasteiger partial charge in [-0.2, -0.15) is 0 Å². The van der Waals surface area contributed by atoms with Crippen LogP contribution in [-0.4, -0.2) is 10.6 Å². The number of carbonyl (C=O) groups is 1. The molecule has 0 bridgehead atoms. The zero-order chi connectivity index (χ0) is 17.5. The minimum Gasteiger partial charge on any atom is -0.334 e. The number of hydrogen-bond donors (Lipinski definition) is 2. The highest BCUT2D eigenvalue weighted by Crippen LogP contribution is 2.08. The van der Waals surface area contributed by atoms with Crippen molar-refractivity contribution in [3.8, 4) is 0 Å². The van der Waals surface area contributed by atoms with Crippen molar-refractivity contribution in [2.75, 3.05) is 0 Å². The van der Waals surface area contributed by atoms with Crippen LogP contribution in [0.4, 0.5) is 4.79 Å². The second-order valence-electron chi connectivity index (χ2n) is 5.60. The Hall–Kier alpha value is -2.86. The van der Waals surface area contributed by atoms with Gasteiger partial charge < -0.3 is 15.2 Å². The average molecular weight is 353 g/mol. The molecule has 0 radical (unpaired) electrons. The summed E-state index contributed by atoms with van der Waals surface area (Å²) in [5.41, 5.74) is 2.03. The smallest absolute Gasteiger partial charge is 0.315 e. The van der Waals surface area contributed by atoms with Crippen LogP contribution < -0.4 is 16.2 Å². The topological polar surface area (TPSA) is 63.1 Å². The summed E-state index contributed by atoms with van der Waals surface area (Å²) in [4.78, 5) is 24.6. The number of amides is 2. The summed E-state index contributed by atoms with van der Waals surface area (Å²) in [6.45, 7) is 1.53. The van der Waals surface area contributed by atoms with Gasteiger partial charge in [0, 0.05) is 23.7 Å². The molecular weight excluding hydrogens is 334 g/mol. The predicted molar refractivity (Wildman–Crippen MR) is 99.6 cm³/mol. The summed E-state index contributed by atoms with van der Waals surface area (Å²) < 4.78 is 1.66. The molecule has 0 aliphatic rings. The first kappa shape index (κ1) is 17.0. The third-order valence-corrected chi connectivity index (χ3v) is 4.61. The van der Waals surface area contributed by atoms with Crippen molar-refractivity contribution < 1.29 is 4.79 Å². The monoisotopic (exact) mass is 353 g/mol. The number of aromatic nitrogens is 1. The van der Waals surface area contributed by atoms with Gasteiger partial charge in [-0.1, -0.05) is 36.4 Å². The van der Waals surface area contributed by atoms with Crippen LogP contribution >= 0.6 is 11.3 Å². The van der Waals surface area contributed by atoms with Gasteiger partial charge in [-0.15, -0.1) is 11.3 Å². The Balaban J connectivity index is 1.48. The van der Waals surface area contributed by atoms with Gasteiger partial charge in [0.2, 0.25) is 0 Å². The van der Waals surface area contributed by atoms with E-state index in [1.165, 1.54) is 0 Å². The fraction of sp³-hybridized carbons (Fsp3) is 0.158. The van der Waals surface area contributed by atoms with Crippen LogP contribution in [0.1, 0.15) is 16.0 Å². The Morgan fingerprint density at radius 2 is 1.68 bits per heavy atom. The van der Waals surface area contributed by atoms with Crippen LogP contribution in [0.15, 0.2) is 71.0 Å². The fourth-order valence-corrected chi connectivity index (χ4v) is 3.02. The zero-order valence-electron chi connectivity index (χ0n) is 13.6. The Labute approximate surface area is 149 Å². The molecule has 6 heteroatoms. The Kier molecular flexibility index (Phi) is 5.64. The van der Waals surface area contributed by atoms with Crippen LogP contribution in [0.3, 0.4) is 0 Å². The van der Waals surface area contributed by atoms with Gasteiger partial charge in [-0.05, 0) is 28.6 Å². The number of carbonyl (C=O) groups excluding carboxylic acids is 1. The minimum absolute atomic E-state index is 0.0179.